The Morgan fingerprint density at radius 3 is 2.52 bits per heavy atom. The highest BCUT2D eigenvalue weighted by Gasteiger charge is 2.13. The molecule has 1 amide bonds. The number of hydrogen-bond donors (Lipinski definition) is 1. The minimum absolute atomic E-state index is 0.253. The molecule has 0 aliphatic carbocycles. The van der Waals surface area contributed by atoms with Gasteiger partial charge < -0.3 is 14.8 Å². The number of ether oxygens (including phenoxy) is 2. The van der Waals surface area contributed by atoms with Crippen molar-refractivity contribution >= 4 is 28.4 Å². The smallest absolute Gasteiger partial charge is 0.274 e. The standard InChI is InChI=1S/C24H20N6O3/c1-32-18-8-16(11-25-13-18)7-15-3-4-20-22(9-15)30-6-5-21(29-24(30)28-20)23(31)27-17-10-19(33-2)14-26-12-17/h3-6,8-14H,7H2,1-2H3,(H,27,31). The fourth-order valence-electron chi connectivity index (χ4n) is 3.58. The molecule has 1 aromatic carbocycles. The third-order valence-electron chi connectivity index (χ3n) is 5.19. The van der Waals surface area contributed by atoms with Gasteiger partial charge in [-0.15, -0.1) is 0 Å². The number of aromatic nitrogens is 5. The lowest BCUT2D eigenvalue weighted by Gasteiger charge is -2.06. The number of amides is 1. The zero-order valence-electron chi connectivity index (χ0n) is 18.0. The van der Waals surface area contributed by atoms with E-state index in [2.05, 4.69) is 31.3 Å². The van der Waals surface area contributed by atoms with E-state index in [-0.39, 0.29) is 11.6 Å². The molecule has 1 N–H and O–H groups in total. The monoisotopic (exact) mass is 440 g/mol. The van der Waals surface area contributed by atoms with E-state index in [9.17, 15) is 4.79 Å². The Morgan fingerprint density at radius 1 is 0.909 bits per heavy atom. The number of rotatable bonds is 6. The van der Waals surface area contributed by atoms with Gasteiger partial charge in [-0.05, 0) is 41.8 Å². The molecule has 0 radical (unpaired) electrons. The van der Waals surface area contributed by atoms with Gasteiger partial charge in [-0.3, -0.25) is 19.2 Å². The van der Waals surface area contributed by atoms with E-state index in [1.807, 2.05) is 28.8 Å². The number of anilines is 1. The van der Waals surface area contributed by atoms with Crippen molar-refractivity contribution in [3.63, 3.8) is 0 Å². The maximum atomic E-state index is 12.7. The van der Waals surface area contributed by atoms with Gasteiger partial charge >= 0.3 is 0 Å². The number of methoxy groups -OCH3 is 2. The Kier molecular flexibility index (Phi) is 5.27. The largest absolute Gasteiger partial charge is 0.495 e. The number of carbonyl (C=O) groups excluding carboxylic acids is 1. The van der Waals surface area contributed by atoms with E-state index < -0.39 is 0 Å². The van der Waals surface area contributed by atoms with Crippen LogP contribution in [0.4, 0.5) is 5.69 Å². The van der Waals surface area contributed by atoms with E-state index in [0.29, 0.717) is 23.6 Å². The van der Waals surface area contributed by atoms with Crippen molar-refractivity contribution in [2.45, 2.75) is 6.42 Å². The zero-order chi connectivity index (χ0) is 22.8. The highest BCUT2D eigenvalue weighted by atomic mass is 16.5. The predicted octanol–water partition coefficient (Wildman–Crippen LogP) is 3.53. The maximum Gasteiger partial charge on any atom is 0.274 e. The van der Waals surface area contributed by atoms with Crippen LogP contribution in [0.1, 0.15) is 21.6 Å². The number of imidazole rings is 1. The average molecular weight is 440 g/mol. The molecule has 5 aromatic rings. The second-order valence-corrected chi connectivity index (χ2v) is 7.40. The molecule has 33 heavy (non-hydrogen) atoms. The summed E-state index contributed by atoms with van der Waals surface area (Å²) in [6.45, 7) is 0. The lowest BCUT2D eigenvalue weighted by atomic mass is 10.1. The first kappa shape index (κ1) is 20.4. The van der Waals surface area contributed by atoms with Gasteiger partial charge in [0.25, 0.3) is 5.91 Å². The van der Waals surface area contributed by atoms with Crippen LogP contribution in [0.3, 0.4) is 0 Å². The third kappa shape index (κ3) is 4.16. The number of benzene rings is 1. The highest BCUT2D eigenvalue weighted by Crippen LogP contribution is 2.21. The molecule has 164 valence electrons. The molecule has 0 unspecified atom stereocenters. The lowest BCUT2D eigenvalue weighted by molar-refractivity contribution is 0.102. The van der Waals surface area contributed by atoms with Crippen LogP contribution in [0.5, 0.6) is 11.5 Å². The molecular weight excluding hydrogens is 420 g/mol. The maximum absolute atomic E-state index is 12.7. The van der Waals surface area contributed by atoms with Crippen molar-refractivity contribution in [3.8, 4) is 11.5 Å². The SMILES string of the molecule is COc1cncc(Cc2ccc3nc4nc(C(=O)Nc5cncc(OC)c5)ccn4c3c2)c1. The normalized spacial score (nSPS) is 11.0. The minimum Gasteiger partial charge on any atom is -0.495 e. The van der Waals surface area contributed by atoms with Crippen LogP contribution in [-0.2, 0) is 6.42 Å². The zero-order valence-corrected chi connectivity index (χ0v) is 18.0. The van der Waals surface area contributed by atoms with E-state index in [4.69, 9.17) is 9.47 Å². The first-order chi connectivity index (χ1) is 16.1. The molecule has 0 atom stereocenters. The molecule has 0 spiro atoms. The summed E-state index contributed by atoms with van der Waals surface area (Å²) in [4.78, 5) is 30.0. The molecule has 0 aliphatic rings. The van der Waals surface area contributed by atoms with Gasteiger partial charge in [-0.25, -0.2) is 9.97 Å². The molecule has 0 aliphatic heterocycles. The fraction of sp³-hybridized carbons (Fsp3) is 0.125. The van der Waals surface area contributed by atoms with E-state index >= 15 is 0 Å². The molecule has 0 bridgehead atoms. The number of pyridine rings is 2. The molecule has 0 saturated carbocycles. The van der Waals surface area contributed by atoms with Crippen molar-refractivity contribution in [1.29, 1.82) is 0 Å². The van der Waals surface area contributed by atoms with Gasteiger partial charge in [-0.2, -0.15) is 0 Å². The van der Waals surface area contributed by atoms with Gasteiger partial charge in [0.2, 0.25) is 5.78 Å². The molecule has 0 fully saturated rings. The summed E-state index contributed by atoms with van der Waals surface area (Å²) in [7, 11) is 3.17. The molecule has 0 saturated heterocycles. The molecule has 4 aromatic heterocycles. The summed E-state index contributed by atoms with van der Waals surface area (Å²) in [6.07, 6.45) is 9.12. The van der Waals surface area contributed by atoms with Crippen molar-refractivity contribution in [1.82, 2.24) is 24.3 Å². The number of carbonyl (C=O) groups is 1. The van der Waals surface area contributed by atoms with Crippen molar-refractivity contribution < 1.29 is 14.3 Å². The summed E-state index contributed by atoms with van der Waals surface area (Å²) in [6, 6.07) is 11.4. The van der Waals surface area contributed by atoms with Gasteiger partial charge in [0.05, 0.1) is 49.5 Å². The summed E-state index contributed by atoms with van der Waals surface area (Å²) >= 11 is 0. The Bertz CT molecular complexity index is 1480. The molecule has 5 rings (SSSR count). The first-order valence-corrected chi connectivity index (χ1v) is 10.2. The third-order valence-corrected chi connectivity index (χ3v) is 5.19. The first-order valence-electron chi connectivity index (χ1n) is 10.2. The van der Waals surface area contributed by atoms with Gasteiger partial charge in [0, 0.05) is 18.5 Å². The molecule has 9 heteroatoms. The van der Waals surface area contributed by atoms with Crippen LogP contribution in [0.15, 0.2) is 67.4 Å². The molecule has 4 heterocycles. The quantitative estimate of drug-likeness (QED) is 0.431. The Morgan fingerprint density at radius 2 is 1.70 bits per heavy atom. The van der Waals surface area contributed by atoms with Crippen molar-refractivity contribution in [3.05, 3.63) is 84.2 Å². The lowest BCUT2D eigenvalue weighted by Crippen LogP contribution is -2.14. The average Bonchev–Trinajstić information content (AvgIpc) is 3.21. The Hall–Kier alpha value is -4.53. The second kappa shape index (κ2) is 8.54. The Balaban J connectivity index is 1.42. The van der Waals surface area contributed by atoms with Crippen LogP contribution < -0.4 is 14.8 Å². The van der Waals surface area contributed by atoms with Crippen molar-refractivity contribution in [2.24, 2.45) is 0 Å². The molecule has 9 nitrogen and oxygen atoms in total. The van der Waals surface area contributed by atoms with E-state index in [1.165, 1.54) is 0 Å². The predicted molar refractivity (Wildman–Crippen MR) is 123 cm³/mol. The topological polar surface area (TPSA) is 104 Å². The highest BCUT2D eigenvalue weighted by molar-refractivity contribution is 6.03. The number of nitrogens with zero attached hydrogens (tertiary/aromatic N) is 5. The van der Waals surface area contributed by atoms with Crippen LogP contribution in [-0.4, -0.2) is 44.5 Å². The van der Waals surface area contributed by atoms with Gasteiger partial charge in [0.15, 0.2) is 0 Å². The summed E-state index contributed by atoms with van der Waals surface area (Å²) in [5.41, 5.74) is 4.63. The number of nitrogens with one attached hydrogen (secondary N) is 1. The minimum atomic E-state index is -0.356. The molecular formula is C24H20N6O3. The van der Waals surface area contributed by atoms with Crippen LogP contribution >= 0.6 is 0 Å². The summed E-state index contributed by atoms with van der Waals surface area (Å²) in [5.74, 6) is 1.37. The summed E-state index contributed by atoms with van der Waals surface area (Å²) in [5, 5.41) is 2.78. The van der Waals surface area contributed by atoms with Crippen molar-refractivity contribution in [2.75, 3.05) is 19.5 Å². The van der Waals surface area contributed by atoms with Gasteiger partial charge in [-0.1, -0.05) is 6.07 Å². The van der Waals surface area contributed by atoms with E-state index in [0.717, 1.165) is 27.9 Å². The second-order valence-electron chi connectivity index (χ2n) is 7.40. The van der Waals surface area contributed by atoms with E-state index in [1.54, 1.807) is 51.1 Å². The summed E-state index contributed by atoms with van der Waals surface area (Å²) < 4.78 is 12.3. The number of fused-ring (bicyclic) bond motifs is 3. The van der Waals surface area contributed by atoms with Crippen LogP contribution in [0.2, 0.25) is 0 Å². The van der Waals surface area contributed by atoms with Crippen LogP contribution in [0, 0.1) is 0 Å². The fourth-order valence-corrected chi connectivity index (χ4v) is 3.58. The number of hydrogen-bond acceptors (Lipinski definition) is 7. The van der Waals surface area contributed by atoms with Gasteiger partial charge in [0.1, 0.15) is 17.2 Å². The van der Waals surface area contributed by atoms with Crippen LogP contribution in [0.25, 0.3) is 16.8 Å². The Labute approximate surface area is 189 Å².